The van der Waals surface area contributed by atoms with Crippen LogP contribution >= 0.6 is 0 Å². The summed E-state index contributed by atoms with van der Waals surface area (Å²) < 4.78 is 0. The minimum Gasteiger partial charge on any atom is -0.396 e. The number of benzene rings is 1. The smallest absolute Gasteiger partial charge is 0.251 e. The van der Waals surface area contributed by atoms with Gasteiger partial charge in [-0.25, -0.2) is 0 Å². The fourth-order valence-electron chi connectivity index (χ4n) is 1.63. The van der Waals surface area contributed by atoms with Crippen LogP contribution in [0.1, 0.15) is 27.9 Å². The van der Waals surface area contributed by atoms with E-state index in [1.54, 1.807) is 0 Å². The molecule has 3 heteroatoms. The van der Waals surface area contributed by atoms with E-state index in [1.807, 2.05) is 30.4 Å². The van der Waals surface area contributed by atoms with Crippen LogP contribution in [0.25, 0.3) is 6.08 Å². The Morgan fingerprint density at radius 3 is 3.13 bits per heavy atom. The first-order chi connectivity index (χ1) is 7.31. The second-order valence-electron chi connectivity index (χ2n) is 3.51. The number of carbonyl (C=O) groups is 1. The molecule has 0 unspecified atom stereocenters. The van der Waals surface area contributed by atoms with Crippen LogP contribution in [0.3, 0.4) is 0 Å². The average Bonchev–Trinajstić information content (AvgIpc) is 2.61. The third kappa shape index (κ3) is 2.07. The van der Waals surface area contributed by atoms with Crippen molar-refractivity contribution in [3.63, 3.8) is 0 Å². The molecule has 0 radical (unpaired) electrons. The quantitative estimate of drug-likeness (QED) is 0.778. The molecule has 3 nitrogen and oxygen atoms in total. The van der Waals surface area contributed by atoms with E-state index in [-0.39, 0.29) is 12.5 Å². The molecule has 1 aliphatic heterocycles. The van der Waals surface area contributed by atoms with Crippen LogP contribution in [0.2, 0.25) is 0 Å². The lowest BCUT2D eigenvalue weighted by Gasteiger charge is -1.97. The molecule has 1 aromatic carbocycles. The number of amides is 1. The molecular weight excluding hydrogens is 190 g/mol. The molecular formula is C12H13NO2. The first-order valence-electron chi connectivity index (χ1n) is 5.00. The summed E-state index contributed by atoms with van der Waals surface area (Å²) in [7, 11) is 0. The normalized spacial score (nSPS) is 14.3. The van der Waals surface area contributed by atoms with Crippen LogP contribution in [-0.4, -0.2) is 17.6 Å². The first-order valence-corrected chi connectivity index (χ1v) is 5.00. The predicted molar refractivity (Wildman–Crippen MR) is 58.3 cm³/mol. The Morgan fingerprint density at radius 2 is 2.33 bits per heavy atom. The van der Waals surface area contributed by atoms with Crippen molar-refractivity contribution < 1.29 is 9.90 Å². The van der Waals surface area contributed by atoms with Crippen LogP contribution in [0.15, 0.2) is 24.3 Å². The Kier molecular flexibility index (Phi) is 2.83. The summed E-state index contributed by atoms with van der Waals surface area (Å²) in [5, 5.41) is 11.4. The van der Waals surface area contributed by atoms with E-state index in [1.165, 1.54) is 0 Å². The topological polar surface area (TPSA) is 49.3 Å². The Hall–Kier alpha value is -1.61. The number of fused-ring (bicyclic) bond motifs is 1. The maximum atomic E-state index is 11.4. The van der Waals surface area contributed by atoms with Gasteiger partial charge in [0.2, 0.25) is 0 Å². The SMILES string of the molecule is O=C1NCc2ccc(C=CCCO)cc21. The van der Waals surface area contributed by atoms with Gasteiger partial charge in [0, 0.05) is 18.7 Å². The van der Waals surface area contributed by atoms with E-state index < -0.39 is 0 Å². The summed E-state index contributed by atoms with van der Waals surface area (Å²) in [5.41, 5.74) is 2.82. The molecule has 0 bridgehead atoms. The molecule has 1 heterocycles. The van der Waals surface area contributed by atoms with E-state index in [4.69, 9.17) is 5.11 Å². The van der Waals surface area contributed by atoms with E-state index >= 15 is 0 Å². The van der Waals surface area contributed by atoms with Crippen LogP contribution in [-0.2, 0) is 6.54 Å². The third-order valence-corrected chi connectivity index (χ3v) is 2.42. The zero-order valence-electron chi connectivity index (χ0n) is 8.36. The Morgan fingerprint density at radius 1 is 1.47 bits per heavy atom. The summed E-state index contributed by atoms with van der Waals surface area (Å²) in [6.07, 6.45) is 4.46. The molecule has 0 aromatic heterocycles. The zero-order valence-corrected chi connectivity index (χ0v) is 8.36. The van der Waals surface area contributed by atoms with Crippen molar-refractivity contribution in [1.29, 1.82) is 0 Å². The van der Waals surface area contributed by atoms with E-state index in [0.29, 0.717) is 13.0 Å². The fraction of sp³-hybridized carbons (Fsp3) is 0.250. The van der Waals surface area contributed by atoms with Crippen molar-refractivity contribution in [3.05, 3.63) is 41.0 Å². The molecule has 1 aromatic rings. The van der Waals surface area contributed by atoms with Gasteiger partial charge in [0.05, 0.1) is 0 Å². The second kappa shape index (κ2) is 4.28. The van der Waals surface area contributed by atoms with Crippen LogP contribution in [0.4, 0.5) is 0 Å². The van der Waals surface area contributed by atoms with Gasteiger partial charge in [0.1, 0.15) is 0 Å². The average molecular weight is 203 g/mol. The molecule has 0 atom stereocenters. The van der Waals surface area contributed by atoms with Gasteiger partial charge in [-0.3, -0.25) is 4.79 Å². The molecule has 2 rings (SSSR count). The van der Waals surface area contributed by atoms with Gasteiger partial charge in [-0.2, -0.15) is 0 Å². The van der Waals surface area contributed by atoms with Crippen molar-refractivity contribution >= 4 is 12.0 Å². The van der Waals surface area contributed by atoms with Crippen molar-refractivity contribution in [2.75, 3.05) is 6.61 Å². The minimum absolute atomic E-state index is 0.00223. The summed E-state index contributed by atoms with van der Waals surface area (Å²) in [4.78, 5) is 11.4. The van der Waals surface area contributed by atoms with Gasteiger partial charge in [-0.15, -0.1) is 0 Å². The third-order valence-electron chi connectivity index (χ3n) is 2.42. The zero-order chi connectivity index (χ0) is 10.7. The highest BCUT2D eigenvalue weighted by atomic mass is 16.2. The fourth-order valence-corrected chi connectivity index (χ4v) is 1.63. The number of aliphatic hydroxyl groups is 1. The van der Waals surface area contributed by atoms with Gasteiger partial charge in [0.15, 0.2) is 0 Å². The van der Waals surface area contributed by atoms with Gasteiger partial charge < -0.3 is 10.4 Å². The van der Waals surface area contributed by atoms with E-state index in [0.717, 1.165) is 16.7 Å². The van der Waals surface area contributed by atoms with Crippen LogP contribution in [0, 0.1) is 0 Å². The van der Waals surface area contributed by atoms with Crippen LogP contribution < -0.4 is 5.32 Å². The number of carbonyl (C=O) groups excluding carboxylic acids is 1. The highest BCUT2D eigenvalue weighted by Crippen LogP contribution is 2.17. The number of hydrogen-bond donors (Lipinski definition) is 2. The lowest BCUT2D eigenvalue weighted by Crippen LogP contribution is -2.12. The number of hydrogen-bond acceptors (Lipinski definition) is 2. The van der Waals surface area contributed by atoms with Crippen molar-refractivity contribution in [1.82, 2.24) is 5.32 Å². The van der Waals surface area contributed by atoms with Crippen molar-refractivity contribution in [2.45, 2.75) is 13.0 Å². The standard InChI is InChI=1S/C12H13NO2/c14-6-2-1-3-9-4-5-10-8-13-12(15)11(10)7-9/h1,3-5,7,14H,2,6,8H2,(H,13,15). The molecule has 1 aliphatic rings. The monoisotopic (exact) mass is 203 g/mol. The maximum Gasteiger partial charge on any atom is 0.251 e. The minimum atomic E-state index is 0.00223. The van der Waals surface area contributed by atoms with E-state index in [2.05, 4.69) is 5.32 Å². The molecule has 1 amide bonds. The molecule has 0 saturated carbocycles. The molecule has 78 valence electrons. The van der Waals surface area contributed by atoms with Gasteiger partial charge >= 0.3 is 0 Å². The number of nitrogens with one attached hydrogen (secondary N) is 1. The second-order valence-corrected chi connectivity index (χ2v) is 3.51. The highest BCUT2D eigenvalue weighted by Gasteiger charge is 2.17. The largest absolute Gasteiger partial charge is 0.396 e. The summed E-state index contributed by atoms with van der Waals surface area (Å²) in [5.74, 6) is 0.00223. The predicted octanol–water partition coefficient (Wildman–Crippen LogP) is 1.33. The molecule has 2 N–H and O–H groups in total. The Labute approximate surface area is 88.4 Å². The van der Waals surface area contributed by atoms with E-state index in [9.17, 15) is 4.79 Å². The Balaban J connectivity index is 2.22. The van der Waals surface area contributed by atoms with Crippen LogP contribution in [0.5, 0.6) is 0 Å². The van der Waals surface area contributed by atoms with Gasteiger partial charge in [-0.1, -0.05) is 24.3 Å². The summed E-state index contributed by atoms with van der Waals surface area (Å²) in [6, 6.07) is 5.82. The van der Waals surface area contributed by atoms with Crippen molar-refractivity contribution in [3.8, 4) is 0 Å². The Bertz CT molecular complexity index is 410. The maximum absolute atomic E-state index is 11.4. The van der Waals surface area contributed by atoms with Gasteiger partial charge in [0.25, 0.3) is 5.91 Å². The summed E-state index contributed by atoms with van der Waals surface area (Å²) in [6.45, 7) is 0.788. The molecule has 15 heavy (non-hydrogen) atoms. The number of aliphatic hydroxyl groups excluding tert-OH is 1. The molecule has 0 spiro atoms. The lowest BCUT2D eigenvalue weighted by molar-refractivity contribution is 0.0965. The molecule has 0 fully saturated rings. The van der Waals surface area contributed by atoms with Gasteiger partial charge in [-0.05, 0) is 23.6 Å². The highest BCUT2D eigenvalue weighted by molar-refractivity contribution is 5.98. The number of rotatable bonds is 3. The molecule has 0 saturated heterocycles. The summed E-state index contributed by atoms with van der Waals surface area (Å²) >= 11 is 0. The first kappa shape index (κ1) is 9.93. The molecule has 0 aliphatic carbocycles. The lowest BCUT2D eigenvalue weighted by atomic mass is 10.1. The van der Waals surface area contributed by atoms with Crippen molar-refractivity contribution in [2.24, 2.45) is 0 Å².